The molecule has 1 aliphatic heterocycles. The quantitative estimate of drug-likeness (QED) is 0.705. The zero-order valence-corrected chi connectivity index (χ0v) is 15.1. The van der Waals surface area contributed by atoms with E-state index in [0.29, 0.717) is 0 Å². The van der Waals surface area contributed by atoms with Crippen molar-refractivity contribution in [2.24, 2.45) is 0 Å². The second-order valence-electron chi connectivity index (χ2n) is 6.60. The van der Waals surface area contributed by atoms with Gasteiger partial charge in [0.05, 0.1) is 20.1 Å². The molecule has 27 heavy (non-hydrogen) atoms. The first kappa shape index (κ1) is 17.3. The lowest BCUT2D eigenvalue weighted by atomic mass is 10.1. The predicted octanol–water partition coefficient (Wildman–Crippen LogP) is 3.18. The van der Waals surface area contributed by atoms with Crippen molar-refractivity contribution in [3.8, 4) is 17.0 Å². The van der Waals surface area contributed by atoms with Gasteiger partial charge in [0.2, 0.25) is 0 Å². The van der Waals surface area contributed by atoms with E-state index in [4.69, 9.17) is 4.74 Å². The zero-order chi connectivity index (χ0) is 18.8. The maximum atomic E-state index is 13.2. The van der Waals surface area contributed by atoms with Crippen molar-refractivity contribution in [2.75, 3.05) is 12.4 Å². The lowest BCUT2D eigenvalue weighted by molar-refractivity contribution is -0.690. The van der Waals surface area contributed by atoms with Crippen LogP contribution in [0.5, 0.6) is 5.75 Å². The molecule has 1 aromatic heterocycles. The van der Waals surface area contributed by atoms with Crippen LogP contribution in [0.1, 0.15) is 12.2 Å². The van der Waals surface area contributed by atoms with Crippen molar-refractivity contribution in [1.29, 1.82) is 0 Å². The molecule has 1 N–H and O–H groups in total. The van der Waals surface area contributed by atoms with Crippen molar-refractivity contribution in [3.05, 3.63) is 66.4 Å². The Morgan fingerprint density at radius 2 is 1.93 bits per heavy atom. The van der Waals surface area contributed by atoms with Gasteiger partial charge in [-0.25, -0.2) is 13.5 Å². The monoisotopic (exact) mass is 366 g/mol. The van der Waals surface area contributed by atoms with Gasteiger partial charge in [-0.1, -0.05) is 0 Å². The van der Waals surface area contributed by atoms with Crippen LogP contribution in [0, 0.1) is 5.82 Å². The number of imidazole rings is 1. The highest BCUT2D eigenvalue weighted by Crippen LogP contribution is 2.25. The van der Waals surface area contributed by atoms with Gasteiger partial charge in [0, 0.05) is 11.3 Å². The Bertz CT molecular complexity index is 962. The molecular formula is C21H21FN3O2+. The number of carbonyl (C=O) groups excluding carboxylic acids is 1. The summed E-state index contributed by atoms with van der Waals surface area (Å²) in [5, 5.41) is 2.92. The maximum Gasteiger partial charge on any atom is 0.266 e. The summed E-state index contributed by atoms with van der Waals surface area (Å²) in [5.74, 6) is 1.53. The summed E-state index contributed by atoms with van der Waals surface area (Å²) in [6.45, 7) is 1.15. The van der Waals surface area contributed by atoms with Gasteiger partial charge in [-0.3, -0.25) is 4.79 Å². The van der Waals surface area contributed by atoms with Gasteiger partial charge in [-0.2, -0.15) is 0 Å². The maximum absolute atomic E-state index is 13.2. The molecule has 0 saturated carbocycles. The van der Waals surface area contributed by atoms with Gasteiger partial charge < -0.3 is 10.1 Å². The number of halogens is 1. The summed E-state index contributed by atoms with van der Waals surface area (Å²) >= 11 is 0. The van der Waals surface area contributed by atoms with Gasteiger partial charge in [0.15, 0.2) is 12.2 Å². The largest absolute Gasteiger partial charge is 0.497 e. The number of hydrogen-bond donors (Lipinski definition) is 1. The first-order valence-corrected chi connectivity index (χ1v) is 8.96. The fourth-order valence-corrected chi connectivity index (χ4v) is 3.53. The Kier molecular flexibility index (Phi) is 4.62. The van der Waals surface area contributed by atoms with Crippen molar-refractivity contribution in [2.45, 2.75) is 25.9 Å². The fourth-order valence-electron chi connectivity index (χ4n) is 3.53. The van der Waals surface area contributed by atoms with E-state index in [1.165, 1.54) is 12.1 Å². The SMILES string of the molecule is COc1ccc(NC(=O)C[n+]2cc(-c3ccc(F)cc3)n3c2CCC3)cc1. The minimum atomic E-state index is -0.251. The van der Waals surface area contributed by atoms with Gasteiger partial charge in [-0.05, 0) is 55.0 Å². The van der Waals surface area contributed by atoms with Gasteiger partial charge >= 0.3 is 0 Å². The smallest absolute Gasteiger partial charge is 0.266 e. The standard InChI is InChI=1S/C21H20FN3O2/c1-27-18-10-8-17(9-11-18)23-20(26)14-24-13-19(25-12-2-3-21(24)25)15-4-6-16(22)7-5-15/h4-11,13H,2-3,12,14H2,1H3/p+1. The van der Waals surface area contributed by atoms with Crippen LogP contribution in [0.15, 0.2) is 54.7 Å². The third-order valence-electron chi connectivity index (χ3n) is 4.82. The molecule has 138 valence electrons. The van der Waals surface area contributed by atoms with Gasteiger partial charge in [0.1, 0.15) is 17.8 Å². The molecular weight excluding hydrogens is 345 g/mol. The van der Waals surface area contributed by atoms with E-state index < -0.39 is 0 Å². The average molecular weight is 366 g/mol. The number of methoxy groups -OCH3 is 1. The van der Waals surface area contributed by atoms with E-state index >= 15 is 0 Å². The number of carbonyl (C=O) groups is 1. The lowest BCUT2D eigenvalue weighted by Crippen LogP contribution is -2.42. The van der Waals surface area contributed by atoms with Crippen LogP contribution in [0.3, 0.4) is 0 Å². The minimum absolute atomic E-state index is 0.0869. The third kappa shape index (κ3) is 3.56. The molecule has 1 amide bonds. The molecule has 0 saturated heterocycles. The molecule has 2 heterocycles. The van der Waals surface area contributed by atoms with Crippen molar-refractivity contribution in [3.63, 3.8) is 0 Å². The van der Waals surface area contributed by atoms with Crippen LogP contribution in [0.2, 0.25) is 0 Å². The summed E-state index contributed by atoms with van der Waals surface area (Å²) in [6.07, 6.45) is 3.96. The highest BCUT2D eigenvalue weighted by Gasteiger charge is 2.29. The number of fused-ring (bicyclic) bond motifs is 1. The summed E-state index contributed by atoms with van der Waals surface area (Å²) < 4.78 is 22.6. The number of rotatable bonds is 5. The molecule has 5 nitrogen and oxygen atoms in total. The van der Waals surface area contributed by atoms with Crippen LogP contribution in [0.25, 0.3) is 11.3 Å². The molecule has 0 unspecified atom stereocenters. The highest BCUT2D eigenvalue weighted by molar-refractivity contribution is 5.89. The lowest BCUT2D eigenvalue weighted by Gasteiger charge is -2.05. The molecule has 2 aromatic carbocycles. The topological polar surface area (TPSA) is 47.1 Å². The Labute approximate surface area is 157 Å². The first-order valence-electron chi connectivity index (χ1n) is 8.96. The summed E-state index contributed by atoms with van der Waals surface area (Å²) in [5.41, 5.74) is 2.70. The van der Waals surface area contributed by atoms with Crippen LogP contribution >= 0.6 is 0 Å². The molecule has 0 radical (unpaired) electrons. The second-order valence-corrected chi connectivity index (χ2v) is 6.60. The molecule has 0 aliphatic carbocycles. The van der Waals surface area contributed by atoms with Crippen molar-refractivity contribution >= 4 is 11.6 Å². The molecule has 0 fully saturated rings. The number of ether oxygens (including phenoxy) is 1. The third-order valence-corrected chi connectivity index (χ3v) is 4.82. The highest BCUT2D eigenvalue weighted by atomic mass is 19.1. The zero-order valence-electron chi connectivity index (χ0n) is 15.1. The van der Waals surface area contributed by atoms with E-state index in [1.54, 1.807) is 19.2 Å². The van der Waals surface area contributed by atoms with Crippen LogP contribution in [-0.2, 0) is 24.3 Å². The summed E-state index contributed by atoms with van der Waals surface area (Å²) in [6, 6.07) is 13.7. The van der Waals surface area contributed by atoms with E-state index in [1.807, 2.05) is 35.0 Å². The average Bonchev–Trinajstić information content (AvgIpc) is 3.27. The second kappa shape index (κ2) is 7.23. The number of benzene rings is 2. The van der Waals surface area contributed by atoms with Gasteiger partial charge in [-0.15, -0.1) is 0 Å². The summed E-state index contributed by atoms with van der Waals surface area (Å²) in [7, 11) is 1.61. The Morgan fingerprint density at radius 3 is 2.63 bits per heavy atom. The van der Waals surface area contributed by atoms with Crippen molar-refractivity contribution in [1.82, 2.24) is 4.57 Å². The fraction of sp³-hybridized carbons (Fsp3) is 0.238. The Morgan fingerprint density at radius 1 is 1.19 bits per heavy atom. The van der Waals surface area contributed by atoms with E-state index in [-0.39, 0.29) is 18.3 Å². The number of nitrogens with zero attached hydrogens (tertiary/aromatic N) is 2. The van der Waals surface area contributed by atoms with E-state index in [9.17, 15) is 9.18 Å². The minimum Gasteiger partial charge on any atom is -0.497 e. The number of nitrogens with one attached hydrogen (secondary N) is 1. The molecule has 3 aromatic rings. The molecule has 6 heteroatoms. The van der Waals surface area contributed by atoms with Gasteiger partial charge in [0.25, 0.3) is 11.7 Å². The normalized spacial score (nSPS) is 12.7. The number of hydrogen-bond acceptors (Lipinski definition) is 2. The molecule has 0 atom stereocenters. The molecule has 0 spiro atoms. The molecule has 1 aliphatic rings. The van der Waals surface area contributed by atoms with Crippen LogP contribution in [-0.4, -0.2) is 17.6 Å². The van der Waals surface area contributed by atoms with Crippen molar-refractivity contribution < 1.29 is 18.5 Å². The van der Waals surface area contributed by atoms with E-state index in [2.05, 4.69) is 9.88 Å². The Balaban J connectivity index is 1.54. The first-order chi connectivity index (χ1) is 13.1. The number of anilines is 1. The predicted molar refractivity (Wildman–Crippen MR) is 100.0 cm³/mol. The Hall–Kier alpha value is -3.15. The number of aromatic nitrogens is 2. The molecule has 0 bridgehead atoms. The van der Waals surface area contributed by atoms with Crippen LogP contribution in [0.4, 0.5) is 10.1 Å². The summed E-state index contributed by atoms with van der Waals surface area (Å²) in [4.78, 5) is 12.5. The van der Waals surface area contributed by atoms with Crippen LogP contribution < -0.4 is 14.6 Å². The van der Waals surface area contributed by atoms with E-state index in [0.717, 1.165) is 47.9 Å². The molecule has 4 rings (SSSR count). The number of amides is 1.